The first-order valence-electron chi connectivity index (χ1n) is 8.06. The van der Waals surface area contributed by atoms with Gasteiger partial charge in [-0.1, -0.05) is 28.9 Å². The van der Waals surface area contributed by atoms with Crippen molar-refractivity contribution in [3.05, 3.63) is 63.9 Å². The molecule has 3 rings (SSSR count). The SMILES string of the molecule is COc1ccc(C)cc1NC(=O)c1nnn(-c2cccc(Cl)c2C)c1C. The number of aryl methyl sites for hydroxylation is 1. The predicted octanol–water partition coefficient (Wildman–Crippen LogP) is 4.11. The van der Waals surface area contributed by atoms with Crippen molar-refractivity contribution in [2.45, 2.75) is 20.8 Å². The number of methoxy groups -OCH3 is 1. The molecule has 0 aliphatic rings. The molecular weight excluding hydrogens is 352 g/mol. The molecular formula is C19H19ClN4O2. The molecule has 134 valence electrons. The Hall–Kier alpha value is -2.86. The second-order valence-electron chi connectivity index (χ2n) is 5.98. The number of amides is 1. The molecule has 0 bridgehead atoms. The third-order valence-electron chi connectivity index (χ3n) is 4.18. The van der Waals surface area contributed by atoms with E-state index in [9.17, 15) is 4.79 Å². The fourth-order valence-corrected chi connectivity index (χ4v) is 2.86. The van der Waals surface area contributed by atoms with Gasteiger partial charge in [0, 0.05) is 5.02 Å². The first kappa shape index (κ1) is 17.9. The summed E-state index contributed by atoms with van der Waals surface area (Å²) < 4.78 is 6.91. The number of ether oxygens (including phenoxy) is 1. The van der Waals surface area contributed by atoms with Gasteiger partial charge in [-0.25, -0.2) is 4.68 Å². The number of benzene rings is 2. The van der Waals surface area contributed by atoms with Crippen LogP contribution in [0.1, 0.15) is 27.3 Å². The van der Waals surface area contributed by atoms with Crippen LogP contribution in [0.25, 0.3) is 5.69 Å². The number of aromatic nitrogens is 3. The summed E-state index contributed by atoms with van der Waals surface area (Å²) in [5.41, 5.74) is 4.12. The van der Waals surface area contributed by atoms with E-state index in [1.807, 2.05) is 50.2 Å². The molecule has 7 heteroatoms. The number of carbonyl (C=O) groups is 1. The fourth-order valence-electron chi connectivity index (χ4n) is 2.69. The molecule has 2 aromatic carbocycles. The Morgan fingerprint density at radius 1 is 1.19 bits per heavy atom. The molecule has 0 unspecified atom stereocenters. The standard InChI is InChI=1S/C19H19ClN4O2/c1-11-8-9-17(26-4)15(10-11)21-19(25)18-13(3)24(23-22-18)16-7-5-6-14(20)12(16)2/h5-10H,1-4H3,(H,21,25). The number of hydrogen-bond donors (Lipinski definition) is 1. The molecule has 1 amide bonds. The molecule has 0 spiro atoms. The van der Waals surface area contributed by atoms with Crippen LogP contribution < -0.4 is 10.1 Å². The van der Waals surface area contributed by atoms with Crippen molar-refractivity contribution < 1.29 is 9.53 Å². The van der Waals surface area contributed by atoms with Crippen molar-refractivity contribution in [3.8, 4) is 11.4 Å². The van der Waals surface area contributed by atoms with E-state index in [1.54, 1.807) is 18.7 Å². The fraction of sp³-hybridized carbons (Fsp3) is 0.211. The third-order valence-corrected chi connectivity index (χ3v) is 4.59. The van der Waals surface area contributed by atoms with Crippen LogP contribution in [0.5, 0.6) is 5.75 Å². The van der Waals surface area contributed by atoms with Gasteiger partial charge < -0.3 is 10.1 Å². The van der Waals surface area contributed by atoms with Crippen molar-refractivity contribution in [1.82, 2.24) is 15.0 Å². The van der Waals surface area contributed by atoms with Crippen molar-refractivity contribution in [1.29, 1.82) is 0 Å². The number of rotatable bonds is 4. The van der Waals surface area contributed by atoms with E-state index in [4.69, 9.17) is 16.3 Å². The normalized spacial score (nSPS) is 10.7. The Balaban J connectivity index is 1.94. The molecule has 26 heavy (non-hydrogen) atoms. The van der Waals surface area contributed by atoms with Gasteiger partial charge in [0.25, 0.3) is 5.91 Å². The van der Waals surface area contributed by atoms with Gasteiger partial charge >= 0.3 is 0 Å². The summed E-state index contributed by atoms with van der Waals surface area (Å²) in [4.78, 5) is 12.7. The second kappa shape index (κ2) is 7.17. The van der Waals surface area contributed by atoms with Crippen molar-refractivity contribution in [2.24, 2.45) is 0 Å². The highest BCUT2D eigenvalue weighted by atomic mass is 35.5. The smallest absolute Gasteiger partial charge is 0.278 e. The second-order valence-corrected chi connectivity index (χ2v) is 6.38. The lowest BCUT2D eigenvalue weighted by atomic mass is 10.2. The maximum Gasteiger partial charge on any atom is 0.278 e. The minimum atomic E-state index is -0.350. The van der Waals surface area contributed by atoms with Gasteiger partial charge in [0.15, 0.2) is 5.69 Å². The molecule has 0 aliphatic carbocycles. The van der Waals surface area contributed by atoms with Gasteiger partial charge in [0.05, 0.1) is 24.2 Å². The van der Waals surface area contributed by atoms with E-state index in [1.165, 1.54) is 0 Å². The maximum atomic E-state index is 12.7. The van der Waals surface area contributed by atoms with Crippen LogP contribution in [0.2, 0.25) is 5.02 Å². The summed E-state index contributed by atoms with van der Waals surface area (Å²) in [5, 5.41) is 11.7. The zero-order valence-electron chi connectivity index (χ0n) is 15.0. The highest BCUT2D eigenvalue weighted by Crippen LogP contribution is 2.27. The topological polar surface area (TPSA) is 69.0 Å². The number of halogens is 1. The molecule has 0 saturated carbocycles. The Morgan fingerprint density at radius 3 is 2.69 bits per heavy atom. The number of nitrogens with one attached hydrogen (secondary N) is 1. The molecule has 1 N–H and O–H groups in total. The summed E-state index contributed by atoms with van der Waals surface area (Å²) in [6, 6.07) is 11.1. The Morgan fingerprint density at radius 2 is 1.96 bits per heavy atom. The minimum absolute atomic E-state index is 0.243. The van der Waals surface area contributed by atoms with Gasteiger partial charge in [-0.3, -0.25) is 4.79 Å². The molecule has 0 aliphatic heterocycles. The van der Waals surface area contributed by atoms with Crippen molar-refractivity contribution >= 4 is 23.2 Å². The molecule has 0 saturated heterocycles. The lowest BCUT2D eigenvalue weighted by molar-refractivity contribution is 0.102. The monoisotopic (exact) mass is 370 g/mol. The van der Waals surface area contributed by atoms with Crippen LogP contribution in [0, 0.1) is 20.8 Å². The zero-order chi connectivity index (χ0) is 18.8. The zero-order valence-corrected chi connectivity index (χ0v) is 15.8. The van der Waals surface area contributed by atoms with Gasteiger partial charge in [-0.05, 0) is 56.2 Å². The molecule has 0 atom stereocenters. The van der Waals surface area contributed by atoms with E-state index in [0.717, 1.165) is 16.8 Å². The van der Waals surface area contributed by atoms with Crippen LogP contribution in [0.4, 0.5) is 5.69 Å². The predicted molar refractivity (Wildman–Crippen MR) is 102 cm³/mol. The average molecular weight is 371 g/mol. The van der Waals surface area contributed by atoms with Crippen LogP contribution in [0.15, 0.2) is 36.4 Å². The van der Waals surface area contributed by atoms with Crippen LogP contribution in [-0.2, 0) is 0 Å². The maximum absolute atomic E-state index is 12.7. The Bertz CT molecular complexity index is 982. The van der Waals surface area contributed by atoms with E-state index in [2.05, 4.69) is 15.6 Å². The Labute approximate surface area is 156 Å². The molecule has 3 aromatic rings. The van der Waals surface area contributed by atoms with E-state index in [0.29, 0.717) is 22.2 Å². The molecule has 1 heterocycles. The lowest BCUT2D eigenvalue weighted by Gasteiger charge is -2.11. The van der Waals surface area contributed by atoms with Crippen molar-refractivity contribution in [3.63, 3.8) is 0 Å². The van der Waals surface area contributed by atoms with Crippen molar-refractivity contribution in [2.75, 3.05) is 12.4 Å². The van der Waals surface area contributed by atoms with Gasteiger partial charge in [-0.15, -0.1) is 5.10 Å². The first-order valence-corrected chi connectivity index (χ1v) is 8.44. The quantitative estimate of drug-likeness (QED) is 0.750. The van der Waals surface area contributed by atoms with Crippen LogP contribution in [0.3, 0.4) is 0 Å². The molecule has 1 aromatic heterocycles. The van der Waals surface area contributed by atoms with Crippen LogP contribution >= 0.6 is 11.6 Å². The summed E-state index contributed by atoms with van der Waals surface area (Å²) >= 11 is 6.19. The molecule has 0 radical (unpaired) electrons. The highest BCUT2D eigenvalue weighted by Gasteiger charge is 2.20. The lowest BCUT2D eigenvalue weighted by Crippen LogP contribution is -2.15. The summed E-state index contributed by atoms with van der Waals surface area (Å²) in [6.45, 7) is 5.64. The van der Waals surface area contributed by atoms with Gasteiger partial charge in [0.1, 0.15) is 5.75 Å². The Kier molecular flexibility index (Phi) is 4.95. The average Bonchev–Trinajstić information content (AvgIpc) is 2.99. The first-order chi connectivity index (χ1) is 12.4. The van der Waals surface area contributed by atoms with E-state index in [-0.39, 0.29) is 11.6 Å². The number of nitrogens with zero attached hydrogens (tertiary/aromatic N) is 3. The van der Waals surface area contributed by atoms with Gasteiger partial charge in [0.2, 0.25) is 0 Å². The van der Waals surface area contributed by atoms with Crippen LogP contribution in [-0.4, -0.2) is 28.0 Å². The molecule has 0 fully saturated rings. The summed E-state index contributed by atoms with van der Waals surface area (Å²) in [6.07, 6.45) is 0. The third kappa shape index (κ3) is 3.28. The van der Waals surface area contributed by atoms with E-state index >= 15 is 0 Å². The largest absolute Gasteiger partial charge is 0.495 e. The summed E-state index contributed by atoms with van der Waals surface area (Å²) in [7, 11) is 1.56. The number of hydrogen-bond acceptors (Lipinski definition) is 4. The molecule has 6 nitrogen and oxygen atoms in total. The highest BCUT2D eigenvalue weighted by molar-refractivity contribution is 6.31. The van der Waals surface area contributed by atoms with E-state index < -0.39 is 0 Å². The minimum Gasteiger partial charge on any atom is -0.495 e. The number of carbonyl (C=O) groups excluding carboxylic acids is 1. The number of anilines is 1. The van der Waals surface area contributed by atoms with Gasteiger partial charge in [-0.2, -0.15) is 0 Å². The summed E-state index contributed by atoms with van der Waals surface area (Å²) in [5.74, 6) is 0.233.